The van der Waals surface area contributed by atoms with Gasteiger partial charge in [0.25, 0.3) is 5.91 Å². The van der Waals surface area contributed by atoms with Crippen LogP contribution in [0.5, 0.6) is 0 Å². The topological polar surface area (TPSA) is 73.3 Å². The van der Waals surface area contributed by atoms with Crippen molar-refractivity contribution < 1.29 is 19.4 Å². The summed E-state index contributed by atoms with van der Waals surface area (Å²) in [5, 5.41) is 9.99. The zero-order valence-corrected chi connectivity index (χ0v) is 21.9. The third kappa shape index (κ3) is 5.48. The standard InChI is InChI=1S/C29H39N3O4/c1-20-16-32(21(2)18-33)28(34)25-13-8-7-12-24(25)23-11-6-5-10-22(23)19-36-27(20)17-31(4)29(35)26-14-9-15-30(26)3/h5-8,10-13,20-21,26-27,33H,9,14-19H2,1-4H3/t20-,21-,26+,27-/m1/s1. The molecule has 0 bridgehead atoms. The van der Waals surface area contributed by atoms with Crippen molar-refractivity contribution in [3.05, 3.63) is 59.7 Å². The average Bonchev–Trinajstić information content (AvgIpc) is 3.33. The highest BCUT2D eigenvalue weighted by atomic mass is 16.5. The van der Waals surface area contributed by atoms with Gasteiger partial charge in [0.1, 0.15) is 0 Å². The number of rotatable bonds is 5. The Labute approximate surface area is 214 Å². The Morgan fingerprint density at radius 1 is 1.14 bits per heavy atom. The van der Waals surface area contributed by atoms with Gasteiger partial charge in [0, 0.05) is 31.6 Å². The summed E-state index contributed by atoms with van der Waals surface area (Å²) >= 11 is 0. The van der Waals surface area contributed by atoms with Crippen LogP contribution in [0.3, 0.4) is 0 Å². The van der Waals surface area contributed by atoms with Crippen LogP contribution in [0.1, 0.15) is 42.6 Å². The molecule has 7 heteroatoms. The number of aliphatic hydroxyl groups is 1. The van der Waals surface area contributed by atoms with Crippen LogP contribution in [-0.2, 0) is 16.1 Å². The molecular formula is C29H39N3O4. The number of likely N-dealkylation sites (N-methyl/N-ethyl adjacent to an activating group) is 2. The molecule has 4 atom stereocenters. The summed E-state index contributed by atoms with van der Waals surface area (Å²) in [4.78, 5) is 32.8. The minimum Gasteiger partial charge on any atom is -0.394 e. The molecule has 0 unspecified atom stereocenters. The molecule has 0 saturated carbocycles. The van der Waals surface area contributed by atoms with E-state index in [9.17, 15) is 14.7 Å². The number of likely N-dealkylation sites (tertiary alicyclic amines) is 1. The predicted octanol–water partition coefficient (Wildman–Crippen LogP) is 3.26. The SMILES string of the molecule is C[C@@H]1CN([C@H](C)CO)C(=O)c2ccccc2-c2ccccc2CO[C@@H]1CN(C)C(=O)[C@@H]1CCCN1C. The lowest BCUT2D eigenvalue weighted by Crippen LogP contribution is -2.49. The molecule has 1 fully saturated rings. The molecule has 2 amide bonds. The zero-order valence-electron chi connectivity index (χ0n) is 21.9. The first-order valence-corrected chi connectivity index (χ1v) is 13.0. The van der Waals surface area contributed by atoms with Crippen LogP contribution in [0, 0.1) is 5.92 Å². The van der Waals surface area contributed by atoms with E-state index in [1.165, 1.54) is 0 Å². The van der Waals surface area contributed by atoms with Gasteiger partial charge in [0.15, 0.2) is 0 Å². The smallest absolute Gasteiger partial charge is 0.254 e. The van der Waals surface area contributed by atoms with Crippen molar-refractivity contribution in [2.24, 2.45) is 5.92 Å². The molecule has 7 nitrogen and oxygen atoms in total. The lowest BCUT2D eigenvalue weighted by Gasteiger charge is -2.35. The van der Waals surface area contributed by atoms with Gasteiger partial charge < -0.3 is 19.6 Å². The monoisotopic (exact) mass is 493 g/mol. The second-order valence-electron chi connectivity index (χ2n) is 10.4. The highest BCUT2D eigenvalue weighted by Crippen LogP contribution is 2.31. The van der Waals surface area contributed by atoms with E-state index in [1.807, 2.05) is 69.6 Å². The Balaban J connectivity index is 1.68. The Kier molecular flexibility index (Phi) is 8.44. The maximum Gasteiger partial charge on any atom is 0.254 e. The quantitative estimate of drug-likeness (QED) is 0.692. The third-order valence-electron chi connectivity index (χ3n) is 7.73. The molecule has 2 aliphatic heterocycles. The van der Waals surface area contributed by atoms with E-state index in [0.29, 0.717) is 25.3 Å². The molecule has 1 saturated heterocycles. The van der Waals surface area contributed by atoms with E-state index in [4.69, 9.17) is 4.74 Å². The van der Waals surface area contributed by atoms with E-state index in [0.717, 1.165) is 36.1 Å². The van der Waals surface area contributed by atoms with Gasteiger partial charge >= 0.3 is 0 Å². The number of carbonyl (C=O) groups excluding carboxylic acids is 2. The molecule has 36 heavy (non-hydrogen) atoms. The molecule has 4 rings (SSSR count). The van der Waals surface area contributed by atoms with Crippen LogP contribution in [0.25, 0.3) is 11.1 Å². The van der Waals surface area contributed by atoms with Gasteiger partial charge in [0.05, 0.1) is 31.4 Å². The molecule has 194 valence electrons. The van der Waals surface area contributed by atoms with Crippen LogP contribution < -0.4 is 0 Å². The zero-order chi connectivity index (χ0) is 25.8. The van der Waals surface area contributed by atoms with Crippen LogP contribution >= 0.6 is 0 Å². The summed E-state index contributed by atoms with van der Waals surface area (Å²) < 4.78 is 6.53. The van der Waals surface area contributed by atoms with Crippen molar-refractivity contribution in [3.8, 4) is 11.1 Å². The average molecular weight is 494 g/mol. The molecule has 0 radical (unpaired) electrons. The molecule has 2 aromatic rings. The predicted molar refractivity (Wildman–Crippen MR) is 140 cm³/mol. The molecule has 2 aliphatic rings. The lowest BCUT2D eigenvalue weighted by atomic mass is 9.94. The summed E-state index contributed by atoms with van der Waals surface area (Å²) in [6, 6.07) is 15.2. The van der Waals surface area contributed by atoms with Crippen molar-refractivity contribution in [1.82, 2.24) is 14.7 Å². The van der Waals surface area contributed by atoms with Crippen molar-refractivity contribution in [2.45, 2.75) is 51.5 Å². The molecular weight excluding hydrogens is 454 g/mol. The number of benzene rings is 2. The van der Waals surface area contributed by atoms with Crippen molar-refractivity contribution >= 4 is 11.8 Å². The maximum atomic E-state index is 13.9. The van der Waals surface area contributed by atoms with Gasteiger partial charge in [-0.3, -0.25) is 14.5 Å². The van der Waals surface area contributed by atoms with Crippen molar-refractivity contribution in [1.29, 1.82) is 0 Å². The van der Waals surface area contributed by atoms with E-state index in [-0.39, 0.29) is 42.5 Å². The van der Waals surface area contributed by atoms with E-state index >= 15 is 0 Å². The number of hydrogen-bond donors (Lipinski definition) is 1. The molecule has 2 heterocycles. The fourth-order valence-corrected chi connectivity index (χ4v) is 5.39. The summed E-state index contributed by atoms with van der Waals surface area (Å²) in [7, 11) is 3.85. The second-order valence-corrected chi connectivity index (χ2v) is 10.4. The van der Waals surface area contributed by atoms with Gasteiger partial charge in [0.2, 0.25) is 5.91 Å². The maximum absolute atomic E-state index is 13.9. The first kappa shape index (κ1) is 26.3. The minimum atomic E-state index is -0.351. The molecule has 0 aliphatic carbocycles. The Bertz CT molecular complexity index is 1070. The highest BCUT2D eigenvalue weighted by molar-refractivity contribution is 6.01. The number of amides is 2. The Morgan fingerprint density at radius 2 is 1.81 bits per heavy atom. The summed E-state index contributed by atoms with van der Waals surface area (Å²) in [5.74, 6) is -0.0482. The number of ether oxygens (including phenoxy) is 1. The summed E-state index contributed by atoms with van der Waals surface area (Å²) in [5.41, 5.74) is 3.44. The number of nitrogens with zero attached hydrogens (tertiary/aromatic N) is 3. The van der Waals surface area contributed by atoms with Crippen molar-refractivity contribution in [2.75, 3.05) is 40.3 Å². The van der Waals surface area contributed by atoms with E-state index < -0.39 is 0 Å². The number of carbonyl (C=O) groups is 2. The van der Waals surface area contributed by atoms with Crippen LogP contribution in [0.4, 0.5) is 0 Å². The molecule has 0 aromatic heterocycles. The van der Waals surface area contributed by atoms with E-state index in [1.54, 1.807) is 9.80 Å². The normalized spacial score (nSPS) is 24.0. The largest absolute Gasteiger partial charge is 0.394 e. The Hall–Kier alpha value is -2.74. The highest BCUT2D eigenvalue weighted by Gasteiger charge is 2.34. The molecule has 1 N–H and O–H groups in total. The Morgan fingerprint density at radius 3 is 2.47 bits per heavy atom. The van der Waals surface area contributed by atoms with Crippen molar-refractivity contribution in [3.63, 3.8) is 0 Å². The minimum absolute atomic E-state index is 0.0584. The first-order valence-electron chi connectivity index (χ1n) is 13.0. The van der Waals surface area contributed by atoms with E-state index in [2.05, 4.69) is 11.8 Å². The molecule has 0 spiro atoms. The summed E-state index contributed by atoms with van der Waals surface area (Å²) in [6.45, 7) is 5.97. The number of aliphatic hydroxyl groups excluding tert-OH is 1. The molecule has 2 aromatic carbocycles. The van der Waals surface area contributed by atoms with Gasteiger partial charge in [-0.2, -0.15) is 0 Å². The van der Waals surface area contributed by atoms with Gasteiger partial charge in [-0.15, -0.1) is 0 Å². The number of hydrogen-bond acceptors (Lipinski definition) is 5. The first-order chi connectivity index (χ1) is 17.3. The fourth-order valence-electron chi connectivity index (χ4n) is 5.39. The summed E-state index contributed by atoms with van der Waals surface area (Å²) in [6.07, 6.45) is 1.63. The lowest BCUT2D eigenvalue weighted by molar-refractivity contribution is -0.137. The van der Waals surface area contributed by atoms with Crippen LogP contribution in [0.15, 0.2) is 48.5 Å². The third-order valence-corrected chi connectivity index (χ3v) is 7.73. The van der Waals surface area contributed by atoms with Gasteiger partial charge in [-0.25, -0.2) is 0 Å². The fraction of sp³-hybridized carbons (Fsp3) is 0.517. The second kappa shape index (κ2) is 11.5. The van der Waals surface area contributed by atoms with Gasteiger partial charge in [-0.1, -0.05) is 49.4 Å². The van der Waals surface area contributed by atoms with Crippen LogP contribution in [-0.4, -0.2) is 90.1 Å². The van der Waals surface area contributed by atoms with Crippen LogP contribution in [0.2, 0.25) is 0 Å². The van der Waals surface area contributed by atoms with Gasteiger partial charge in [-0.05, 0) is 56.1 Å². The number of fused-ring (bicyclic) bond motifs is 3.